The number of halogens is 4. The normalized spacial score (nSPS) is 27.7. The second-order valence-electron chi connectivity index (χ2n) is 8.07. The number of hydrogen-bond acceptors (Lipinski definition) is 2. The summed E-state index contributed by atoms with van der Waals surface area (Å²) in [5, 5.41) is 0. The summed E-state index contributed by atoms with van der Waals surface area (Å²) in [6, 6.07) is 4.73. The number of alkyl halides is 4. The van der Waals surface area contributed by atoms with Crippen molar-refractivity contribution in [2.24, 2.45) is 11.8 Å². The summed E-state index contributed by atoms with van der Waals surface area (Å²) in [4.78, 5) is 0. The van der Waals surface area contributed by atoms with Crippen molar-refractivity contribution in [2.45, 2.75) is 82.9 Å². The Hall–Kier alpha value is -1.24. The molecule has 1 aromatic rings. The van der Waals surface area contributed by atoms with Gasteiger partial charge in [-0.05, 0) is 42.0 Å². The van der Waals surface area contributed by atoms with E-state index in [-0.39, 0.29) is 24.8 Å². The summed E-state index contributed by atoms with van der Waals surface area (Å²) in [5.41, 5.74) is 1.20. The van der Waals surface area contributed by atoms with Crippen molar-refractivity contribution in [3.05, 3.63) is 29.3 Å². The minimum atomic E-state index is -4.38. The molecule has 1 fully saturated rings. The first-order chi connectivity index (χ1) is 13.3. The molecule has 3 atom stereocenters. The van der Waals surface area contributed by atoms with Crippen LogP contribution in [0.1, 0.15) is 56.6 Å². The van der Waals surface area contributed by atoms with Crippen LogP contribution < -0.4 is 4.74 Å². The highest BCUT2D eigenvalue weighted by Gasteiger charge is 2.42. The third-order valence-electron chi connectivity index (χ3n) is 6.05. The Balaban J connectivity index is 1.54. The van der Waals surface area contributed by atoms with Crippen LogP contribution in [0.4, 0.5) is 17.6 Å². The molecular weight excluding hydrogens is 371 g/mol. The first-order valence-electron chi connectivity index (χ1n) is 10.1. The van der Waals surface area contributed by atoms with Crippen molar-refractivity contribution in [3.8, 4) is 5.75 Å². The lowest BCUT2D eigenvalue weighted by atomic mass is 9.66. The minimum Gasteiger partial charge on any atom is -0.460 e. The van der Waals surface area contributed by atoms with Gasteiger partial charge in [0.05, 0.1) is 14.5 Å². The quantitative estimate of drug-likeness (QED) is 0.437. The van der Waals surface area contributed by atoms with Gasteiger partial charge in [0.15, 0.2) is 6.10 Å². The standard InChI is InChI=1S/C21H27BF4O2/c1-2-3-18(22)13-4-6-14(7-5-13)20(23)28-17-9-8-15-11-19(21(24,25)26)27-12-16(15)10-17/h8-10,13-14,18-20H,2-7,11-12H2,1H3/t13?,14?,18?,19?,20-/m0/s1. The van der Waals surface area contributed by atoms with Crippen LogP contribution in [-0.2, 0) is 17.8 Å². The summed E-state index contributed by atoms with van der Waals surface area (Å²) < 4.78 is 63.5. The van der Waals surface area contributed by atoms with E-state index in [2.05, 4.69) is 6.92 Å². The summed E-state index contributed by atoms with van der Waals surface area (Å²) in [7, 11) is 6.20. The Kier molecular flexibility index (Phi) is 6.95. The topological polar surface area (TPSA) is 18.5 Å². The van der Waals surface area contributed by atoms with Crippen molar-refractivity contribution in [1.82, 2.24) is 0 Å². The van der Waals surface area contributed by atoms with E-state index < -0.39 is 18.6 Å². The largest absolute Gasteiger partial charge is 0.460 e. The van der Waals surface area contributed by atoms with Crippen molar-refractivity contribution in [3.63, 3.8) is 0 Å². The molecule has 1 aromatic carbocycles. The molecule has 1 aliphatic heterocycles. The van der Waals surface area contributed by atoms with E-state index in [0.29, 0.717) is 22.8 Å². The molecule has 0 N–H and O–H groups in total. The summed E-state index contributed by atoms with van der Waals surface area (Å²) >= 11 is 0. The second kappa shape index (κ2) is 9.06. The lowest BCUT2D eigenvalue weighted by Crippen LogP contribution is -2.36. The van der Waals surface area contributed by atoms with Gasteiger partial charge >= 0.3 is 6.18 Å². The molecular formula is C21H27BF4O2. The van der Waals surface area contributed by atoms with Gasteiger partial charge in [-0.2, -0.15) is 13.2 Å². The Morgan fingerprint density at radius 1 is 1.14 bits per heavy atom. The smallest absolute Gasteiger partial charge is 0.414 e. The number of benzene rings is 1. The lowest BCUT2D eigenvalue weighted by Gasteiger charge is -2.34. The minimum absolute atomic E-state index is 0.145. The highest BCUT2D eigenvalue weighted by atomic mass is 19.4. The molecule has 0 saturated heterocycles. The number of rotatable bonds is 6. The Bertz CT molecular complexity index is 644. The first-order valence-corrected chi connectivity index (χ1v) is 10.1. The van der Waals surface area contributed by atoms with Crippen LogP contribution >= 0.6 is 0 Å². The van der Waals surface area contributed by atoms with Crippen molar-refractivity contribution >= 4 is 7.85 Å². The van der Waals surface area contributed by atoms with Crippen LogP contribution in [0.2, 0.25) is 5.82 Å². The maximum absolute atomic E-state index is 14.7. The number of ether oxygens (including phenoxy) is 2. The molecule has 154 valence electrons. The molecule has 0 spiro atoms. The maximum Gasteiger partial charge on any atom is 0.414 e. The van der Waals surface area contributed by atoms with E-state index in [1.54, 1.807) is 18.2 Å². The number of hydrogen-bond donors (Lipinski definition) is 0. The first kappa shape index (κ1) is 21.5. The van der Waals surface area contributed by atoms with Crippen LogP contribution in [0.5, 0.6) is 5.75 Å². The Morgan fingerprint density at radius 3 is 2.46 bits per heavy atom. The Labute approximate surface area is 165 Å². The van der Waals surface area contributed by atoms with Crippen LogP contribution in [0, 0.1) is 11.8 Å². The molecule has 7 heteroatoms. The molecule has 1 saturated carbocycles. The predicted octanol–water partition coefficient (Wildman–Crippen LogP) is 5.93. The van der Waals surface area contributed by atoms with Gasteiger partial charge in [-0.3, -0.25) is 0 Å². The maximum atomic E-state index is 14.7. The molecule has 2 radical (unpaired) electrons. The number of fused-ring (bicyclic) bond motifs is 1. The lowest BCUT2D eigenvalue weighted by molar-refractivity contribution is -0.226. The molecule has 0 bridgehead atoms. The fraction of sp³-hybridized carbons (Fsp3) is 0.714. The molecule has 0 aromatic heterocycles. The zero-order chi connectivity index (χ0) is 20.3. The fourth-order valence-corrected chi connectivity index (χ4v) is 4.30. The van der Waals surface area contributed by atoms with Gasteiger partial charge in [-0.1, -0.05) is 44.5 Å². The molecule has 2 nitrogen and oxygen atoms in total. The van der Waals surface area contributed by atoms with Gasteiger partial charge in [0, 0.05) is 12.3 Å². The monoisotopic (exact) mass is 398 g/mol. The average molecular weight is 398 g/mol. The van der Waals surface area contributed by atoms with Gasteiger partial charge in [-0.15, -0.1) is 0 Å². The van der Waals surface area contributed by atoms with Crippen LogP contribution in [0.25, 0.3) is 0 Å². The van der Waals surface area contributed by atoms with Crippen LogP contribution in [-0.4, -0.2) is 26.5 Å². The van der Waals surface area contributed by atoms with Gasteiger partial charge in [0.1, 0.15) is 5.75 Å². The molecule has 1 aliphatic carbocycles. The third-order valence-corrected chi connectivity index (χ3v) is 6.05. The van der Waals surface area contributed by atoms with Gasteiger partial charge in [0.25, 0.3) is 0 Å². The van der Waals surface area contributed by atoms with Crippen LogP contribution in [0.3, 0.4) is 0 Å². The van der Waals surface area contributed by atoms with Gasteiger partial charge in [-0.25, -0.2) is 4.39 Å². The fourth-order valence-electron chi connectivity index (χ4n) is 4.30. The van der Waals surface area contributed by atoms with Crippen molar-refractivity contribution in [2.75, 3.05) is 0 Å². The van der Waals surface area contributed by atoms with Crippen molar-refractivity contribution < 1.29 is 27.0 Å². The van der Waals surface area contributed by atoms with Crippen LogP contribution in [0.15, 0.2) is 18.2 Å². The highest BCUT2D eigenvalue weighted by molar-refractivity contribution is 6.11. The zero-order valence-corrected chi connectivity index (χ0v) is 16.2. The molecule has 3 rings (SSSR count). The van der Waals surface area contributed by atoms with Gasteiger partial charge in [0.2, 0.25) is 6.36 Å². The zero-order valence-electron chi connectivity index (χ0n) is 16.2. The molecule has 0 amide bonds. The van der Waals surface area contributed by atoms with E-state index >= 15 is 0 Å². The highest BCUT2D eigenvalue weighted by Crippen LogP contribution is 2.39. The molecule has 2 aliphatic rings. The predicted molar refractivity (Wildman–Crippen MR) is 100 cm³/mol. The van der Waals surface area contributed by atoms with E-state index in [1.165, 1.54) is 0 Å². The summed E-state index contributed by atoms with van der Waals surface area (Å²) in [6.07, 6.45) is -2.45. The van der Waals surface area contributed by atoms with Gasteiger partial charge < -0.3 is 9.47 Å². The Morgan fingerprint density at radius 2 is 1.82 bits per heavy atom. The van der Waals surface area contributed by atoms with E-state index in [1.807, 2.05) is 0 Å². The van der Waals surface area contributed by atoms with E-state index in [0.717, 1.165) is 38.5 Å². The van der Waals surface area contributed by atoms with E-state index in [4.69, 9.17) is 17.3 Å². The SMILES string of the molecule is [B]C(CCC)C1CCC([C@@H](F)Oc2ccc3c(c2)COC(C(F)(F)F)C3)CC1. The third kappa shape index (κ3) is 5.22. The summed E-state index contributed by atoms with van der Waals surface area (Å²) in [6.45, 7) is 1.97. The average Bonchev–Trinajstić information content (AvgIpc) is 2.67. The molecule has 2 unspecified atom stereocenters. The molecule has 1 heterocycles. The second-order valence-corrected chi connectivity index (χ2v) is 8.07. The summed E-state index contributed by atoms with van der Waals surface area (Å²) in [5.74, 6) is 0.800. The molecule has 28 heavy (non-hydrogen) atoms. The van der Waals surface area contributed by atoms with E-state index in [9.17, 15) is 17.6 Å². The van der Waals surface area contributed by atoms with Crippen molar-refractivity contribution in [1.29, 1.82) is 0 Å².